The van der Waals surface area contributed by atoms with E-state index in [9.17, 15) is 22.8 Å². The monoisotopic (exact) mass is 373 g/mol. The van der Waals surface area contributed by atoms with Gasteiger partial charge in [0.1, 0.15) is 6.54 Å². The van der Waals surface area contributed by atoms with E-state index in [4.69, 9.17) is 0 Å². The zero-order valence-electron chi connectivity index (χ0n) is 13.9. The standard InChI is InChI=1S/C19H14F3N3O2/c20-19(21,22)11-24-17(26)13-7-1-2-9-15(13)25-18(27)14-8-3-5-12-6-4-10-23-16(12)14/h1-10H,11H2,(H,24,26)(H,25,27). The summed E-state index contributed by atoms with van der Waals surface area (Å²) in [5, 5.41) is 5.14. The average Bonchev–Trinajstić information content (AvgIpc) is 2.65. The normalized spacial score (nSPS) is 11.2. The number of pyridine rings is 1. The largest absolute Gasteiger partial charge is 0.405 e. The Labute approximate surface area is 152 Å². The van der Waals surface area contributed by atoms with Gasteiger partial charge in [-0.25, -0.2) is 0 Å². The SMILES string of the molecule is O=C(NCC(F)(F)F)c1ccccc1NC(=O)c1cccc2cccnc12. The van der Waals surface area contributed by atoms with Gasteiger partial charge in [0.15, 0.2) is 0 Å². The average molecular weight is 373 g/mol. The molecule has 3 rings (SSSR count). The molecular weight excluding hydrogens is 359 g/mol. The second-order valence-corrected chi connectivity index (χ2v) is 5.68. The van der Waals surface area contributed by atoms with E-state index in [-0.39, 0.29) is 11.3 Å². The number of alkyl halides is 3. The summed E-state index contributed by atoms with van der Waals surface area (Å²) in [6.45, 7) is -1.46. The molecule has 0 unspecified atom stereocenters. The Balaban J connectivity index is 1.85. The van der Waals surface area contributed by atoms with Crippen LogP contribution in [-0.4, -0.2) is 29.5 Å². The van der Waals surface area contributed by atoms with Gasteiger partial charge in [-0.1, -0.05) is 30.3 Å². The summed E-state index contributed by atoms with van der Waals surface area (Å²) in [5.41, 5.74) is 0.813. The predicted molar refractivity (Wildman–Crippen MR) is 94.5 cm³/mol. The Morgan fingerprint density at radius 2 is 1.59 bits per heavy atom. The van der Waals surface area contributed by atoms with Crippen molar-refractivity contribution in [2.45, 2.75) is 6.18 Å². The zero-order chi connectivity index (χ0) is 19.4. The molecule has 0 atom stereocenters. The highest BCUT2D eigenvalue weighted by molar-refractivity contribution is 6.14. The number of amides is 2. The van der Waals surface area contributed by atoms with Crippen molar-refractivity contribution < 1.29 is 22.8 Å². The Hall–Kier alpha value is -3.42. The molecule has 0 aliphatic carbocycles. The molecule has 0 radical (unpaired) electrons. The molecular formula is C19H14F3N3O2. The summed E-state index contributed by atoms with van der Waals surface area (Å²) in [6, 6.07) is 14.5. The van der Waals surface area contributed by atoms with E-state index in [1.165, 1.54) is 18.2 Å². The van der Waals surface area contributed by atoms with Crippen molar-refractivity contribution in [2.75, 3.05) is 11.9 Å². The molecule has 2 amide bonds. The molecule has 2 N–H and O–H groups in total. The fraction of sp³-hybridized carbons (Fsp3) is 0.105. The molecule has 0 aliphatic rings. The van der Waals surface area contributed by atoms with Crippen molar-refractivity contribution in [3.05, 3.63) is 71.9 Å². The van der Waals surface area contributed by atoms with E-state index in [1.54, 1.807) is 47.9 Å². The maximum absolute atomic E-state index is 12.7. The van der Waals surface area contributed by atoms with Gasteiger partial charge in [-0.3, -0.25) is 14.6 Å². The number of anilines is 1. The molecule has 138 valence electrons. The summed E-state index contributed by atoms with van der Waals surface area (Å²) in [4.78, 5) is 28.9. The fourth-order valence-electron chi connectivity index (χ4n) is 2.54. The highest BCUT2D eigenvalue weighted by Crippen LogP contribution is 2.20. The molecule has 0 aliphatic heterocycles. The number of hydrogen-bond acceptors (Lipinski definition) is 3. The summed E-state index contributed by atoms with van der Waals surface area (Å²) < 4.78 is 37.0. The second kappa shape index (κ2) is 7.45. The van der Waals surface area contributed by atoms with Gasteiger partial charge in [-0.2, -0.15) is 13.2 Å². The van der Waals surface area contributed by atoms with Gasteiger partial charge in [-0.05, 0) is 24.3 Å². The fourth-order valence-corrected chi connectivity index (χ4v) is 2.54. The molecule has 1 aromatic heterocycles. The maximum atomic E-state index is 12.7. The molecule has 0 saturated carbocycles. The van der Waals surface area contributed by atoms with Crippen LogP contribution in [0.15, 0.2) is 60.8 Å². The lowest BCUT2D eigenvalue weighted by Gasteiger charge is -2.13. The molecule has 8 heteroatoms. The van der Waals surface area contributed by atoms with Gasteiger partial charge >= 0.3 is 6.18 Å². The van der Waals surface area contributed by atoms with E-state index in [1.807, 2.05) is 0 Å². The second-order valence-electron chi connectivity index (χ2n) is 5.68. The third-order valence-corrected chi connectivity index (χ3v) is 3.75. The summed E-state index contributed by atoms with van der Waals surface area (Å²) >= 11 is 0. The van der Waals surface area contributed by atoms with E-state index in [2.05, 4.69) is 10.3 Å². The van der Waals surface area contributed by atoms with Crippen LogP contribution in [0.1, 0.15) is 20.7 Å². The van der Waals surface area contributed by atoms with Gasteiger partial charge in [0, 0.05) is 11.6 Å². The van der Waals surface area contributed by atoms with Gasteiger partial charge in [0.2, 0.25) is 0 Å². The minimum Gasteiger partial charge on any atom is -0.343 e. The van der Waals surface area contributed by atoms with Crippen molar-refractivity contribution >= 4 is 28.4 Å². The number of fused-ring (bicyclic) bond motifs is 1. The predicted octanol–water partition coefficient (Wildman–Crippen LogP) is 3.78. The first-order valence-corrected chi connectivity index (χ1v) is 7.94. The van der Waals surface area contributed by atoms with E-state index >= 15 is 0 Å². The lowest BCUT2D eigenvalue weighted by atomic mass is 10.1. The van der Waals surface area contributed by atoms with Crippen LogP contribution >= 0.6 is 0 Å². The van der Waals surface area contributed by atoms with Gasteiger partial charge in [0.25, 0.3) is 11.8 Å². The lowest BCUT2D eigenvalue weighted by molar-refractivity contribution is -0.123. The quantitative estimate of drug-likeness (QED) is 0.731. The molecule has 0 spiro atoms. The van der Waals surface area contributed by atoms with Gasteiger partial charge in [-0.15, -0.1) is 0 Å². The van der Waals surface area contributed by atoms with Crippen LogP contribution in [0.2, 0.25) is 0 Å². The number of halogens is 3. The zero-order valence-corrected chi connectivity index (χ0v) is 13.9. The van der Waals surface area contributed by atoms with E-state index in [0.717, 1.165) is 5.39 Å². The van der Waals surface area contributed by atoms with E-state index < -0.39 is 24.5 Å². The Kier molecular flexibility index (Phi) is 5.07. The van der Waals surface area contributed by atoms with Crippen LogP contribution in [0, 0.1) is 0 Å². The third-order valence-electron chi connectivity index (χ3n) is 3.75. The van der Waals surface area contributed by atoms with Crippen LogP contribution in [-0.2, 0) is 0 Å². The number of benzene rings is 2. The third kappa shape index (κ3) is 4.41. The maximum Gasteiger partial charge on any atom is 0.405 e. The number of hydrogen-bond donors (Lipinski definition) is 2. The van der Waals surface area contributed by atoms with Crippen molar-refractivity contribution in [3.63, 3.8) is 0 Å². The van der Waals surface area contributed by atoms with Crippen molar-refractivity contribution in [1.29, 1.82) is 0 Å². The topological polar surface area (TPSA) is 71.1 Å². The molecule has 5 nitrogen and oxygen atoms in total. The molecule has 0 fully saturated rings. The van der Waals surface area contributed by atoms with Crippen LogP contribution in [0.25, 0.3) is 10.9 Å². The Morgan fingerprint density at radius 1 is 0.889 bits per heavy atom. The molecule has 0 saturated heterocycles. The molecule has 1 heterocycles. The Morgan fingerprint density at radius 3 is 2.37 bits per heavy atom. The lowest BCUT2D eigenvalue weighted by Crippen LogP contribution is -2.34. The highest BCUT2D eigenvalue weighted by atomic mass is 19.4. The first-order chi connectivity index (χ1) is 12.8. The van der Waals surface area contributed by atoms with Crippen LogP contribution in [0.5, 0.6) is 0 Å². The molecule has 0 bridgehead atoms. The summed E-state index contributed by atoms with van der Waals surface area (Å²) in [7, 11) is 0. The van der Waals surface area contributed by atoms with Crippen molar-refractivity contribution in [2.24, 2.45) is 0 Å². The molecule has 2 aromatic carbocycles. The number of para-hydroxylation sites is 2. The number of aromatic nitrogens is 1. The summed E-state index contributed by atoms with van der Waals surface area (Å²) in [5.74, 6) is -1.45. The van der Waals surface area contributed by atoms with E-state index in [0.29, 0.717) is 11.1 Å². The first kappa shape index (κ1) is 18.4. The summed E-state index contributed by atoms with van der Waals surface area (Å²) in [6.07, 6.45) is -2.97. The number of nitrogens with one attached hydrogen (secondary N) is 2. The number of nitrogens with zero attached hydrogens (tertiary/aromatic N) is 1. The van der Waals surface area contributed by atoms with Gasteiger partial charge in [0.05, 0.1) is 22.3 Å². The number of rotatable bonds is 4. The minimum absolute atomic E-state index is 0.0664. The van der Waals surface area contributed by atoms with Crippen molar-refractivity contribution in [1.82, 2.24) is 10.3 Å². The van der Waals surface area contributed by atoms with Crippen LogP contribution in [0.3, 0.4) is 0 Å². The molecule has 3 aromatic rings. The van der Waals surface area contributed by atoms with Gasteiger partial charge < -0.3 is 10.6 Å². The number of carbonyl (C=O) groups is 2. The molecule has 27 heavy (non-hydrogen) atoms. The Bertz CT molecular complexity index is 997. The van der Waals surface area contributed by atoms with Crippen LogP contribution < -0.4 is 10.6 Å². The minimum atomic E-state index is -4.53. The van der Waals surface area contributed by atoms with Crippen molar-refractivity contribution in [3.8, 4) is 0 Å². The number of carbonyl (C=O) groups excluding carboxylic acids is 2. The smallest absolute Gasteiger partial charge is 0.343 e. The first-order valence-electron chi connectivity index (χ1n) is 7.94. The van der Waals surface area contributed by atoms with Crippen LogP contribution in [0.4, 0.5) is 18.9 Å². The highest BCUT2D eigenvalue weighted by Gasteiger charge is 2.28.